The molecule has 0 aromatic heterocycles. The Hall–Kier alpha value is -3.49. The predicted octanol–water partition coefficient (Wildman–Crippen LogP) is 3.72. The number of ketones is 1. The minimum absolute atomic E-state index is 0.0938. The highest BCUT2D eigenvalue weighted by atomic mass is 32.2. The molecule has 8 heteroatoms. The van der Waals surface area contributed by atoms with Crippen LogP contribution in [0.3, 0.4) is 0 Å². The minimum atomic E-state index is -3.56. The van der Waals surface area contributed by atoms with E-state index in [0.717, 1.165) is 12.8 Å². The third-order valence-electron chi connectivity index (χ3n) is 5.34. The molecule has 7 nitrogen and oxygen atoms in total. The normalized spacial score (nSPS) is 14.1. The summed E-state index contributed by atoms with van der Waals surface area (Å²) in [7, 11) is -3.56. The van der Waals surface area contributed by atoms with Crippen molar-refractivity contribution < 1.29 is 22.7 Å². The number of ether oxygens (including phenoxy) is 1. The van der Waals surface area contributed by atoms with Gasteiger partial charge in [0, 0.05) is 29.9 Å². The van der Waals surface area contributed by atoms with Crippen LogP contribution in [0.4, 0.5) is 5.69 Å². The Morgan fingerprint density at radius 3 is 2.21 bits per heavy atom. The minimum Gasteiger partial charge on any atom is -0.484 e. The second-order valence-electron chi connectivity index (χ2n) is 7.70. The lowest BCUT2D eigenvalue weighted by molar-refractivity contribution is -0.118. The van der Waals surface area contributed by atoms with Crippen molar-refractivity contribution in [2.24, 2.45) is 0 Å². The molecule has 3 aromatic rings. The lowest BCUT2D eigenvalue weighted by Gasteiger charge is -2.16. The molecule has 4 rings (SSSR count). The Kier molecular flexibility index (Phi) is 6.86. The maximum absolute atomic E-state index is 12.7. The van der Waals surface area contributed by atoms with Crippen LogP contribution in [0.25, 0.3) is 0 Å². The fourth-order valence-electron chi connectivity index (χ4n) is 3.62. The van der Waals surface area contributed by atoms with E-state index >= 15 is 0 Å². The molecular weight excluding hydrogens is 440 g/mol. The van der Waals surface area contributed by atoms with E-state index in [2.05, 4.69) is 5.32 Å². The van der Waals surface area contributed by atoms with Gasteiger partial charge in [0.15, 0.2) is 12.4 Å². The van der Waals surface area contributed by atoms with Gasteiger partial charge in [-0.1, -0.05) is 36.4 Å². The number of amides is 1. The van der Waals surface area contributed by atoms with Gasteiger partial charge in [0.2, 0.25) is 10.0 Å². The number of sulfonamides is 1. The molecule has 1 aliphatic rings. The van der Waals surface area contributed by atoms with Gasteiger partial charge in [-0.3, -0.25) is 9.59 Å². The first kappa shape index (κ1) is 22.7. The zero-order valence-electron chi connectivity index (χ0n) is 17.9. The quantitative estimate of drug-likeness (QED) is 0.513. The van der Waals surface area contributed by atoms with E-state index in [1.807, 2.05) is 6.07 Å². The van der Waals surface area contributed by atoms with E-state index in [0.29, 0.717) is 35.7 Å². The highest BCUT2D eigenvalue weighted by Gasteiger charge is 2.27. The van der Waals surface area contributed by atoms with E-state index in [9.17, 15) is 18.0 Å². The second-order valence-corrected chi connectivity index (χ2v) is 9.63. The molecule has 3 aromatic carbocycles. The molecular formula is C25H24N2O5S. The molecule has 0 saturated carbocycles. The number of nitrogens with zero attached hydrogens (tertiary/aromatic N) is 1. The van der Waals surface area contributed by atoms with Crippen molar-refractivity contribution in [2.45, 2.75) is 17.7 Å². The lowest BCUT2D eigenvalue weighted by Crippen LogP contribution is -2.28. The molecule has 0 aliphatic carbocycles. The summed E-state index contributed by atoms with van der Waals surface area (Å²) in [6.45, 7) is 0.778. The summed E-state index contributed by atoms with van der Waals surface area (Å²) in [6, 6.07) is 21.7. The number of rotatable bonds is 8. The Morgan fingerprint density at radius 2 is 1.52 bits per heavy atom. The molecule has 1 heterocycles. The van der Waals surface area contributed by atoms with Gasteiger partial charge in [-0.15, -0.1) is 0 Å². The summed E-state index contributed by atoms with van der Waals surface area (Å²) >= 11 is 0. The molecule has 0 radical (unpaired) electrons. The van der Waals surface area contributed by atoms with Crippen LogP contribution in [-0.2, 0) is 14.8 Å². The summed E-state index contributed by atoms with van der Waals surface area (Å²) in [5, 5.41) is 2.67. The maximum Gasteiger partial charge on any atom is 0.262 e. The van der Waals surface area contributed by atoms with E-state index in [1.165, 1.54) is 16.4 Å². The van der Waals surface area contributed by atoms with Crippen LogP contribution in [0.2, 0.25) is 0 Å². The van der Waals surface area contributed by atoms with Gasteiger partial charge >= 0.3 is 0 Å². The Balaban J connectivity index is 1.34. The van der Waals surface area contributed by atoms with Gasteiger partial charge in [-0.05, 0) is 55.3 Å². The average molecular weight is 465 g/mol. The number of anilines is 1. The predicted molar refractivity (Wildman–Crippen MR) is 125 cm³/mol. The maximum atomic E-state index is 12.7. The van der Waals surface area contributed by atoms with Crippen LogP contribution >= 0.6 is 0 Å². The van der Waals surface area contributed by atoms with E-state index < -0.39 is 15.9 Å². The zero-order chi connectivity index (χ0) is 23.3. The number of benzene rings is 3. The number of carbonyl (C=O) groups excluding carboxylic acids is 2. The Labute approximate surface area is 193 Å². The highest BCUT2D eigenvalue weighted by Crippen LogP contribution is 2.23. The summed E-state index contributed by atoms with van der Waals surface area (Å²) in [5.74, 6) is -0.0704. The van der Waals surface area contributed by atoms with Crippen LogP contribution in [-0.4, -0.2) is 44.1 Å². The first-order valence-electron chi connectivity index (χ1n) is 10.7. The standard InChI is InChI=1S/C25H24N2O5S/c28-24(26-21-9-6-10-23(17-21)33(30,31)27-15-4-5-16-27)18-32-22-13-11-20(12-14-22)25(29)19-7-2-1-3-8-19/h1-3,6-14,17H,4-5,15-16,18H2,(H,26,28). The topological polar surface area (TPSA) is 92.8 Å². The van der Waals surface area contributed by atoms with Crippen molar-refractivity contribution >= 4 is 27.4 Å². The Bertz CT molecular complexity index is 1240. The zero-order valence-corrected chi connectivity index (χ0v) is 18.8. The van der Waals surface area contributed by atoms with Crippen molar-refractivity contribution in [3.05, 3.63) is 90.0 Å². The first-order chi connectivity index (χ1) is 15.9. The summed E-state index contributed by atoms with van der Waals surface area (Å²) in [5.41, 5.74) is 1.50. The van der Waals surface area contributed by atoms with Gasteiger partial charge in [-0.25, -0.2) is 8.42 Å². The van der Waals surface area contributed by atoms with Crippen LogP contribution in [0.5, 0.6) is 5.75 Å². The van der Waals surface area contributed by atoms with Crippen molar-refractivity contribution in [3.63, 3.8) is 0 Å². The highest BCUT2D eigenvalue weighted by molar-refractivity contribution is 7.89. The summed E-state index contributed by atoms with van der Waals surface area (Å²) < 4.78 is 32.4. The molecule has 33 heavy (non-hydrogen) atoms. The smallest absolute Gasteiger partial charge is 0.262 e. The number of hydrogen-bond acceptors (Lipinski definition) is 5. The number of nitrogens with one attached hydrogen (secondary N) is 1. The van der Waals surface area contributed by atoms with Gasteiger partial charge in [0.1, 0.15) is 5.75 Å². The van der Waals surface area contributed by atoms with Crippen LogP contribution in [0.15, 0.2) is 83.8 Å². The lowest BCUT2D eigenvalue weighted by atomic mass is 10.0. The van der Waals surface area contributed by atoms with Crippen molar-refractivity contribution in [1.29, 1.82) is 0 Å². The molecule has 170 valence electrons. The SMILES string of the molecule is O=C(COc1ccc(C(=O)c2ccccc2)cc1)Nc1cccc(S(=O)(=O)N2CCCC2)c1. The molecule has 1 amide bonds. The third-order valence-corrected chi connectivity index (χ3v) is 7.24. The Morgan fingerprint density at radius 1 is 0.848 bits per heavy atom. The van der Waals surface area contributed by atoms with Gasteiger partial charge in [0.05, 0.1) is 4.90 Å². The van der Waals surface area contributed by atoms with Crippen LogP contribution in [0, 0.1) is 0 Å². The van der Waals surface area contributed by atoms with E-state index in [1.54, 1.807) is 60.7 Å². The third kappa shape index (κ3) is 5.47. The van der Waals surface area contributed by atoms with Crippen molar-refractivity contribution in [1.82, 2.24) is 4.31 Å². The van der Waals surface area contributed by atoms with Crippen LogP contribution < -0.4 is 10.1 Å². The fourth-order valence-corrected chi connectivity index (χ4v) is 5.18. The molecule has 0 atom stereocenters. The fraction of sp³-hybridized carbons (Fsp3) is 0.200. The molecule has 1 N–H and O–H groups in total. The van der Waals surface area contributed by atoms with Gasteiger partial charge in [-0.2, -0.15) is 4.31 Å². The molecule has 0 spiro atoms. The first-order valence-corrected chi connectivity index (χ1v) is 12.1. The van der Waals surface area contributed by atoms with E-state index in [4.69, 9.17) is 4.74 Å². The van der Waals surface area contributed by atoms with E-state index in [-0.39, 0.29) is 17.3 Å². The molecule has 1 fully saturated rings. The molecule has 1 saturated heterocycles. The molecule has 0 bridgehead atoms. The summed E-state index contributed by atoms with van der Waals surface area (Å²) in [4.78, 5) is 24.9. The average Bonchev–Trinajstić information content (AvgIpc) is 3.39. The number of hydrogen-bond donors (Lipinski definition) is 1. The summed E-state index contributed by atoms with van der Waals surface area (Å²) in [6.07, 6.45) is 1.71. The molecule has 1 aliphatic heterocycles. The van der Waals surface area contributed by atoms with Gasteiger partial charge < -0.3 is 10.1 Å². The number of carbonyl (C=O) groups is 2. The van der Waals surface area contributed by atoms with Crippen molar-refractivity contribution in [3.8, 4) is 5.75 Å². The largest absolute Gasteiger partial charge is 0.484 e. The van der Waals surface area contributed by atoms with Gasteiger partial charge in [0.25, 0.3) is 5.91 Å². The second kappa shape index (κ2) is 9.97. The van der Waals surface area contributed by atoms with Crippen LogP contribution in [0.1, 0.15) is 28.8 Å². The monoisotopic (exact) mass is 464 g/mol. The molecule has 0 unspecified atom stereocenters. The van der Waals surface area contributed by atoms with Crippen molar-refractivity contribution in [2.75, 3.05) is 25.0 Å².